The van der Waals surface area contributed by atoms with Gasteiger partial charge >= 0.3 is 6.03 Å². The standard InChI is InChI=1S/C13H19N3O3S/c1-10-3-2-8-16(9-10)13(17)15-11-4-6-12(7-5-11)20(14,18)19/h4-7,10H,2-3,8-9H2,1H3,(H,15,17)(H2,14,18,19). The van der Waals surface area contributed by atoms with E-state index in [2.05, 4.69) is 12.2 Å². The first kappa shape index (κ1) is 14.8. The molecule has 0 radical (unpaired) electrons. The Labute approximate surface area is 119 Å². The summed E-state index contributed by atoms with van der Waals surface area (Å²) in [6.45, 7) is 3.63. The van der Waals surface area contributed by atoms with Crippen LogP contribution in [0.2, 0.25) is 0 Å². The number of piperidine rings is 1. The summed E-state index contributed by atoms with van der Waals surface area (Å²) in [6.07, 6.45) is 2.16. The summed E-state index contributed by atoms with van der Waals surface area (Å²) in [5.41, 5.74) is 0.556. The lowest BCUT2D eigenvalue weighted by molar-refractivity contribution is 0.182. The molecule has 1 saturated heterocycles. The van der Waals surface area contributed by atoms with Crippen LogP contribution in [0.25, 0.3) is 0 Å². The monoisotopic (exact) mass is 297 g/mol. The van der Waals surface area contributed by atoms with Gasteiger partial charge in [0.2, 0.25) is 10.0 Å². The first-order valence-electron chi connectivity index (χ1n) is 6.55. The van der Waals surface area contributed by atoms with Gasteiger partial charge in [0.25, 0.3) is 0 Å². The molecule has 1 heterocycles. The maximum absolute atomic E-state index is 12.1. The second kappa shape index (κ2) is 5.80. The SMILES string of the molecule is CC1CCCN(C(=O)Nc2ccc(S(N)(=O)=O)cc2)C1. The van der Waals surface area contributed by atoms with Crippen LogP contribution in [-0.2, 0) is 10.0 Å². The lowest BCUT2D eigenvalue weighted by Gasteiger charge is -2.30. The highest BCUT2D eigenvalue weighted by Crippen LogP contribution is 2.18. The van der Waals surface area contributed by atoms with Gasteiger partial charge in [-0.05, 0) is 43.0 Å². The van der Waals surface area contributed by atoms with Gasteiger partial charge in [0.15, 0.2) is 0 Å². The minimum atomic E-state index is -3.70. The number of nitrogens with two attached hydrogens (primary N) is 1. The van der Waals surface area contributed by atoms with E-state index in [1.54, 1.807) is 4.90 Å². The van der Waals surface area contributed by atoms with Gasteiger partial charge in [0.05, 0.1) is 4.90 Å². The first-order chi connectivity index (χ1) is 9.36. The quantitative estimate of drug-likeness (QED) is 0.868. The first-order valence-corrected chi connectivity index (χ1v) is 8.09. The molecule has 0 bridgehead atoms. The van der Waals surface area contributed by atoms with E-state index in [-0.39, 0.29) is 10.9 Å². The lowest BCUT2D eigenvalue weighted by Crippen LogP contribution is -2.41. The maximum Gasteiger partial charge on any atom is 0.321 e. The summed E-state index contributed by atoms with van der Waals surface area (Å²) in [5.74, 6) is 0.513. The number of hydrogen-bond donors (Lipinski definition) is 2. The number of likely N-dealkylation sites (tertiary alicyclic amines) is 1. The molecule has 6 nitrogen and oxygen atoms in total. The van der Waals surface area contributed by atoms with Gasteiger partial charge in [-0.25, -0.2) is 18.4 Å². The van der Waals surface area contributed by atoms with Crippen LogP contribution >= 0.6 is 0 Å². The number of anilines is 1. The summed E-state index contributed by atoms with van der Waals surface area (Å²) in [4.78, 5) is 13.9. The molecule has 1 fully saturated rings. The molecule has 1 aliphatic rings. The van der Waals surface area contributed by atoms with E-state index in [9.17, 15) is 13.2 Å². The Balaban J connectivity index is 2.01. The van der Waals surface area contributed by atoms with E-state index in [0.717, 1.165) is 25.9 Å². The average Bonchev–Trinajstić information content (AvgIpc) is 2.38. The number of carbonyl (C=O) groups excluding carboxylic acids is 1. The second-order valence-electron chi connectivity index (χ2n) is 5.19. The molecule has 0 aromatic heterocycles. The Morgan fingerprint density at radius 1 is 1.35 bits per heavy atom. The average molecular weight is 297 g/mol. The summed E-state index contributed by atoms with van der Waals surface area (Å²) < 4.78 is 22.3. The molecule has 2 amide bonds. The number of sulfonamides is 1. The fourth-order valence-corrected chi connectivity index (χ4v) is 2.82. The van der Waals surface area contributed by atoms with E-state index in [1.165, 1.54) is 24.3 Å². The molecule has 110 valence electrons. The molecule has 3 N–H and O–H groups in total. The van der Waals surface area contributed by atoms with Gasteiger partial charge < -0.3 is 10.2 Å². The van der Waals surface area contributed by atoms with Crippen LogP contribution < -0.4 is 10.5 Å². The lowest BCUT2D eigenvalue weighted by atomic mass is 10.0. The summed E-state index contributed by atoms with van der Waals surface area (Å²) in [6, 6.07) is 5.67. The zero-order chi connectivity index (χ0) is 14.8. The van der Waals surface area contributed by atoms with Gasteiger partial charge in [-0.1, -0.05) is 6.92 Å². The Hall–Kier alpha value is -1.60. The number of amides is 2. The topological polar surface area (TPSA) is 92.5 Å². The van der Waals surface area contributed by atoms with Gasteiger partial charge in [0.1, 0.15) is 0 Å². The van der Waals surface area contributed by atoms with Gasteiger partial charge in [-0.3, -0.25) is 0 Å². The van der Waals surface area contributed by atoms with Crippen molar-refractivity contribution in [3.63, 3.8) is 0 Å². The van der Waals surface area contributed by atoms with Crippen molar-refractivity contribution in [1.29, 1.82) is 0 Å². The minimum Gasteiger partial charge on any atom is -0.324 e. The van der Waals surface area contributed by atoms with Crippen molar-refractivity contribution < 1.29 is 13.2 Å². The molecule has 1 aromatic carbocycles. The molecule has 1 aromatic rings. The molecule has 0 spiro atoms. The van der Waals surface area contributed by atoms with E-state index in [0.29, 0.717) is 11.6 Å². The van der Waals surface area contributed by atoms with Crippen LogP contribution in [0.3, 0.4) is 0 Å². The number of hydrogen-bond acceptors (Lipinski definition) is 3. The number of rotatable bonds is 2. The van der Waals surface area contributed by atoms with E-state index in [1.807, 2.05) is 0 Å². The second-order valence-corrected chi connectivity index (χ2v) is 6.75. The van der Waals surface area contributed by atoms with Gasteiger partial charge in [-0.15, -0.1) is 0 Å². The van der Waals surface area contributed by atoms with Crippen LogP contribution in [0.1, 0.15) is 19.8 Å². The smallest absolute Gasteiger partial charge is 0.321 e. The predicted octanol–water partition coefficient (Wildman–Crippen LogP) is 1.60. The van der Waals surface area contributed by atoms with Crippen LogP contribution in [0.4, 0.5) is 10.5 Å². The molecule has 2 rings (SSSR count). The third-order valence-corrected chi connectivity index (χ3v) is 4.31. The Morgan fingerprint density at radius 3 is 2.55 bits per heavy atom. The van der Waals surface area contributed by atoms with E-state index in [4.69, 9.17) is 5.14 Å². The Morgan fingerprint density at radius 2 is 2.00 bits per heavy atom. The number of nitrogens with one attached hydrogen (secondary N) is 1. The molecule has 7 heteroatoms. The van der Waals surface area contributed by atoms with E-state index >= 15 is 0 Å². The van der Waals surface area contributed by atoms with Crippen LogP contribution in [-0.4, -0.2) is 32.4 Å². The van der Waals surface area contributed by atoms with Gasteiger partial charge in [0, 0.05) is 18.8 Å². The third-order valence-electron chi connectivity index (χ3n) is 3.38. The van der Waals surface area contributed by atoms with Crippen molar-refractivity contribution in [2.24, 2.45) is 11.1 Å². The largest absolute Gasteiger partial charge is 0.324 e. The minimum absolute atomic E-state index is 0.0297. The van der Waals surface area contributed by atoms with Gasteiger partial charge in [-0.2, -0.15) is 0 Å². The van der Waals surface area contributed by atoms with Crippen molar-refractivity contribution in [3.8, 4) is 0 Å². The summed E-state index contributed by atoms with van der Waals surface area (Å²) in [7, 11) is -3.70. The van der Waals surface area contributed by atoms with Crippen LogP contribution in [0, 0.1) is 5.92 Å². The molecule has 1 aliphatic heterocycles. The van der Waals surface area contributed by atoms with Crippen molar-refractivity contribution in [2.45, 2.75) is 24.7 Å². The Bertz CT molecular complexity index is 583. The number of carbonyl (C=O) groups is 1. The van der Waals surface area contributed by atoms with Crippen molar-refractivity contribution in [3.05, 3.63) is 24.3 Å². The summed E-state index contributed by atoms with van der Waals surface area (Å²) >= 11 is 0. The predicted molar refractivity (Wildman–Crippen MR) is 76.8 cm³/mol. The fourth-order valence-electron chi connectivity index (χ4n) is 2.30. The van der Waals surface area contributed by atoms with Crippen molar-refractivity contribution >= 4 is 21.7 Å². The molecular weight excluding hydrogens is 278 g/mol. The fraction of sp³-hybridized carbons (Fsp3) is 0.462. The molecule has 1 atom stereocenters. The molecule has 20 heavy (non-hydrogen) atoms. The number of nitrogens with zero attached hydrogens (tertiary/aromatic N) is 1. The van der Waals surface area contributed by atoms with Crippen LogP contribution in [0.5, 0.6) is 0 Å². The number of urea groups is 1. The highest BCUT2D eigenvalue weighted by Gasteiger charge is 2.20. The maximum atomic E-state index is 12.1. The highest BCUT2D eigenvalue weighted by atomic mass is 32.2. The van der Waals surface area contributed by atoms with Crippen molar-refractivity contribution in [2.75, 3.05) is 18.4 Å². The molecule has 1 unspecified atom stereocenters. The number of primary sulfonamides is 1. The highest BCUT2D eigenvalue weighted by molar-refractivity contribution is 7.89. The molecular formula is C13H19N3O3S. The Kier molecular flexibility index (Phi) is 4.29. The van der Waals surface area contributed by atoms with Crippen molar-refractivity contribution in [1.82, 2.24) is 4.90 Å². The third kappa shape index (κ3) is 3.71. The molecule has 0 saturated carbocycles. The van der Waals surface area contributed by atoms with E-state index < -0.39 is 10.0 Å². The number of benzene rings is 1. The normalized spacial score (nSPS) is 19.7. The molecule has 0 aliphatic carbocycles. The summed E-state index contributed by atoms with van der Waals surface area (Å²) in [5, 5.41) is 7.78. The zero-order valence-electron chi connectivity index (χ0n) is 11.4. The van der Waals surface area contributed by atoms with Crippen LogP contribution in [0.15, 0.2) is 29.2 Å². The zero-order valence-corrected chi connectivity index (χ0v) is 12.2.